The van der Waals surface area contributed by atoms with Gasteiger partial charge in [0.15, 0.2) is 0 Å². The van der Waals surface area contributed by atoms with Crippen molar-refractivity contribution in [3.63, 3.8) is 0 Å². The minimum atomic E-state index is -4.23. The lowest BCUT2D eigenvalue weighted by molar-refractivity contribution is -0.140. The predicted octanol–water partition coefficient (Wildman–Crippen LogP) is 7.14. The van der Waals surface area contributed by atoms with Crippen LogP contribution in [0, 0.1) is 0 Å². The molecule has 0 bridgehead atoms. The second-order valence-corrected chi connectivity index (χ2v) is 13.7. The Labute approximate surface area is 287 Å². The van der Waals surface area contributed by atoms with Crippen LogP contribution in [-0.2, 0) is 32.6 Å². The molecule has 2 atom stereocenters. The molecular formula is C36H39Cl2N3O5S. The Morgan fingerprint density at radius 1 is 0.830 bits per heavy atom. The lowest BCUT2D eigenvalue weighted by atomic mass is 10.0. The van der Waals surface area contributed by atoms with Crippen molar-refractivity contribution in [2.24, 2.45) is 0 Å². The number of carbonyl (C=O) groups excluding carboxylic acids is 2. The summed E-state index contributed by atoms with van der Waals surface area (Å²) < 4.78 is 34.9. The van der Waals surface area contributed by atoms with E-state index in [4.69, 9.17) is 27.9 Å². The Bertz CT molecular complexity index is 1720. The number of hydrogen-bond acceptors (Lipinski definition) is 5. The molecule has 0 aliphatic carbocycles. The number of hydrogen-bond donors (Lipinski definition) is 1. The van der Waals surface area contributed by atoms with Crippen LogP contribution in [0.2, 0.25) is 10.0 Å². The number of carbonyl (C=O) groups is 2. The summed E-state index contributed by atoms with van der Waals surface area (Å²) in [6.07, 6.45) is 0.848. The number of rotatable bonds is 15. The van der Waals surface area contributed by atoms with Gasteiger partial charge in [0.05, 0.1) is 17.2 Å². The molecule has 0 fully saturated rings. The Balaban J connectivity index is 1.83. The molecular weight excluding hydrogens is 657 g/mol. The lowest BCUT2D eigenvalue weighted by Gasteiger charge is -2.34. The smallest absolute Gasteiger partial charge is 0.264 e. The zero-order valence-corrected chi connectivity index (χ0v) is 28.9. The maximum atomic E-state index is 14.6. The third-order valence-electron chi connectivity index (χ3n) is 7.71. The van der Waals surface area contributed by atoms with Crippen LogP contribution in [0.5, 0.6) is 5.75 Å². The molecule has 0 radical (unpaired) electrons. The number of nitrogens with zero attached hydrogens (tertiary/aromatic N) is 2. The first-order valence-electron chi connectivity index (χ1n) is 15.4. The minimum absolute atomic E-state index is 0.0118. The van der Waals surface area contributed by atoms with E-state index < -0.39 is 28.5 Å². The summed E-state index contributed by atoms with van der Waals surface area (Å²) in [7, 11) is -4.23. The van der Waals surface area contributed by atoms with Crippen LogP contribution in [0.25, 0.3) is 0 Å². The largest absolute Gasteiger partial charge is 0.494 e. The summed E-state index contributed by atoms with van der Waals surface area (Å²) in [6, 6.07) is 27.5. The second kappa shape index (κ2) is 16.7. The molecule has 47 heavy (non-hydrogen) atoms. The summed E-state index contributed by atoms with van der Waals surface area (Å²) in [4.78, 5) is 30.0. The van der Waals surface area contributed by atoms with Gasteiger partial charge < -0.3 is 15.0 Å². The highest BCUT2D eigenvalue weighted by Gasteiger charge is 2.35. The van der Waals surface area contributed by atoms with Crippen LogP contribution >= 0.6 is 23.2 Å². The van der Waals surface area contributed by atoms with Gasteiger partial charge in [0.2, 0.25) is 11.8 Å². The van der Waals surface area contributed by atoms with Crippen LogP contribution in [-0.4, -0.2) is 50.4 Å². The van der Waals surface area contributed by atoms with Crippen molar-refractivity contribution >= 4 is 50.7 Å². The molecule has 8 nitrogen and oxygen atoms in total. The molecule has 2 unspecified atom stereocenters. The van der Waals surface area contributed by atoms with Crippen LogP contribution in [0.15, 0.2) is 108 Å². The predicted molar refractivity (Wildman–Crippen MR) is 187 cm³/mol. The van der Waals surface area contributed by atoms with Crippen molar-refractivity contribution in [1.82, 2.24) is 10.2 Å². The number of benzene rings is 4. The molecule has 4 aromatic carbocycles. The highest BCUT2D eigenvalue weighted by atomic mass is 35.5. The first-order chi connectivity index (χ1) is 22.5. The van der Waals surface area contributed by atoms with Crippen molar-refractivity contribution in [2.45, 2.75) is 57.1 Å². The van der Waals surface area contributed by atoms with Gasteiger partial charge in [0, 0.05) is 34.6 Å². The van der Waals surface area contributed by atoms with Crippen molar-refractivity contribution < 1.29 is 22.7 Å². The van der Waals surface area contributed by atoms with E-state index in [-0.39, 0.29) is 35.5 Å². The third kappa shape index (κ3) is 9.28. The van der Waals surface area contributed by atoms with Crippen molar-refractivity contribution in [3.05, 3.63) is 124 Å². The summed E-state index contributed by atoms with van der Waals surface area (Å²) >= 11 is 13.2. The Morgan fingerprint density at radius 3 is 2.00 bits per heavy atom. The van der Waals surface area contributed by atoms with Gasteiger partial charge in [-0.1, -0.05) is 84.7 Å². The van der Waals surface area contributed by atoms with E-state index in [2.05, 4.69) is 5.32 Å². The molecule has 2 amide bonds. The zero-order valence-electron chi connectivity index (χ0n) is 26.6. The molecule has 0 heterocycles. The van der Waals surface area contributed by atoms with Crippen molar-refractivity contribution in [3.8, 4) is 5.75 Å². The van der Waals surface area contributed by atoms with Gasteiger partial charge in [-0.3, -0.25) is 13.9 Å². The average molecular weight is 697 g/mol. The number of ether oxygens (including phenoxy) is 1. The number of amides is 2. The SMILES string of the molecule is CCOc1ccc(N(CC(=O)N(Cc2c(Cl)cccc2Cl)C(Cc2ccccc2)C(=O)NC(C)CC)S(=O)(=O)c2ccccc2)cc1. The number of nitrogens with one attached hydrogen (secondary N) is 1. The topological polar surface area (TPSA) is 96.0 Å². The fourth-order valence-electron chi connectivity index (χ4n) is 4.97. The van der Waals surface area contributed by atoms with E-state index in [1.54, 1.807) is 60.7 Å². The van der Waals surface area contributed by atoms with Crippen LogP contribution < -0.4 is 14.4 Å². The van der Waals surface area contributed by atoms with Crippen LogP contribution in [0.4, 0.5) is 5.69 Å². The van der Waals surface area contributed by atoms with E-state index in [9.17, 15) is 18.0 Å². The average Bonchev–Trinajstić information content (AvgIpc) is 3.07. The van der Waals surface area contributed by atoms with Crippen molar-refractivity contribution in [1.29, 1.82) is 0 Å². The molecule has 0 saturated heterocycles. The Hall–Kier alpha value is -4.05. The molecule has 11 heteroatoms. The van der Waals surface area contributed by atoms with E-state index in [0.29, 0.717) is 34.4 Å². The highest BCUT2D eigenvalue weighted by molar-refractivity contribution is 7.92. The van der Waals surface area contributed by atoms with Gasteiger partial charge in [-0.15, -0.1) is 0 Å². The van der Waals surface area contributed by atoms with Gasteiger partial charge in [0.1, 0.15) is 18.3 Å². The number of halogens is 2. The molecule has 0 aliphatic rings. The first kappa shape index (κ1) is 35.8. The standard InChI is InChI=1S/C36H39Cl2N3O5S/c1-4-26(3)39-36(43)34(23-27-13-8-6-9-14-27)40(24-31-32(37)17-12-18-33(31)38)35(42)25-41(28-19-21-29(22-20-28)46-5-2)47(44,45)30-15-10-7-11-16-30/h6-22,26,34H,4-5,23-25H2,1-3H3,(H,39,43). The number of sulfonamides is 1. The highest BCUT2D eigenvalue weighted by Crippen LogP contribution is 2.30. The zero-order chi connectivity index (χ0) is 34.0. The lowest BCUT2D eigenvalue weighted by Crippen LogP contribution is -2.54. The molecule has 0 aromatic heterocycles. The molecule has 248 valence electrons. The quantitative estimate of drug-likeness (QED) is 0.143. The molecule has 0 aliphatic heterocycles. The summed E-state index contributed by atoms with van der Waals surface area (Å²) in [6.45, 7) is 5.38. The molecule has 0 spiro atoms. The third-order valence-corrected chi connectivity index (χ3v) is 10.2. The van der Waals surface area contributed by atoms with Crippen LogP contribution in [0.1, 0.15) is 38.3 Å². The molecule has 1 N–H and O–H groups in total. The summed E-state index contributed by atoms with van der Waals surface area (Å²) in [5.41, 5.74) is 1.52. The van der Waals surface area contributed by atoms with Gasteiger partial charge >= 0.3 is 0 Å². The molecule has 0 saturated carbocycles. The normalized spacial score (nSPS) is 12.5. The molecule has 4 aromatic rings. The fourth-order valence-corrected chi connectivity index (χ4v) is 6.92. The van der Waals surface area contributed by atoms with Crippen molar-refractivity contribution in [2.75, 3.05) is 17.5 Å². The van der Waals surface area contributed by atoms with E-state index in [0.717, 1.165) is 9.87 Å². The summed E-state index contributed by atoms with van der Waals surface area (Å²) in [5.74, 6) is -0.438. The fraction of sp³-hybridized carbons (Fsp3) is 0.278. The van der Waals surface area contributed by atoms with Crippen LogP contribution in [0.3, 0.4) is 0 Å². The van der Waals surface area contributed by atoms with Gasteiger partial charge in [-0.2, -0.15) is 0 Å². The monoisotopic (exact) mass is 695 g/mol. The van der Waals surface area contributed by atoms with Gasteiger partial charge in [-0.25, -0.2) is 8.42 Å². The Kier molecular flexibility index (Phi) is 12.7. The summed E-state index contributed by atoms with van der Waals surface area (Å²) in [5, 5.41) is 3.65. The molecule has 4 rings (SSSR count). The van der Waals surface area contributed by atoms with Gasteiger partial charge in [0.25, 0.3) is 10.0 Å². The number of anilines is 1. The van der Waals surface area contributed by atoms with E-state index in [1.165, 1.54) is 17.0 Å². The second-order valence-electron chi connectivity index (χ2n) is 11.0. The van der Waals surface area contributed by atoms with Gasteiger partial charge in [-0.05, 0) is 74.4 Å². The first-order valence-corrected chi connectivity index (χ1v) is 17.6. The Morgan fingerprint density at radius 2 is 1.43 bits per heavy atom. The maximum Gasteiger partial charge on any atom is 0.264 e. The van der Waals surface area contributed by atoms with E-state index in [1.807, 2.05) is 51.1 Å². The maximum absolute atomic E-state index is 14.6. The van der Waals surface area contributed by atoms with E-state index >= 15 is 0 Å². The minimum Gasteiger partial charge on any atom is -0.494 e.